The molecule has 3 aliphatic rings. The highest BCUT2D eigenvalue weighted by Crippen LogP contribution is 2.50. The van der Waals surface area contributed by atoms with E-state index in [2.05, 4.69) is 0 Å². The van der Waals surface area contributed by atoms with Gasteiger partial charge in [-0.15, -0.1) is 0 Å². The van der Waals surface area contributed by atoms with E-state index in [1.54, 1.807) is 0 Å². The fourth-order valence-electron chi connectivity index (χ4n) is 3.83. The van der Waals surface area contributed by atoms with Crippen LogP contribution in [0.25, 0.3) is 0 Å². The second-order valence-electron chi connectivity index (χ2n) is 8.19. The quantitative estimate of drug-likeness (QED) is 0.208. The van der Waals surface area contributed by atoms with E-state index in [9.17, 15) is 24.0 Å². The van der Waals surface area contributed by atoms with Crippen molar-refractivity contribution in [2.75, 3.05) is 26.9 Å². The molecule has 11 atom stereocenters. The summed E-state index contributed by atoms with van der Waals surface area (Å²) in [6.45, 7) is -0.896. The molecular weight excluding hydrogens is 495 g/mol. The maximum atomic E-state index is 12.4. The first kappa shape index (κ1) is 28.8. The highest BCUT2D eigenvalue weighted by Gasteiger charge is 2.43. The molecule has 188 valence electrons. The summed E-state index contributed by atoms with van der Waals surface area (Å²) in [7, 11) is 9.17. The lowest BCUT2D eigenvalue weighted by atomic mass is 9.96. The van der Waals surface area contributed by atoms with Gasteiger partial charge in [-0.1, -0.05) is 0 Å². The number of hydrogen-bond donors (Lipinski definition) is 3. The zero-order valence-electron chi connectivity index (χ0n) is 18.5. The molecule has 13 nitrogen and oxygen atoms in total. The number of aliphatic hydroxyl groups excluding tert-OH is 1. The zero-order valence-corrected chi connectivity index (χ0v) is 20.3. The summed E-state index contributed by atoms with van der Waals surface area (Å²) in [5, 5.41) is 9.79. The minimum Gasteiger partial charge on any atom is -0.390 e. The maximum absolute atomic E-state index is 12.4. The Bertz CT molecular complexity index is 766. The highest BCUT2D eigenvalue weighted by atomic mass is 31.2. The predicted molar refractivity (Wildman–Crippen MR) is 116 cm³/mol. The molecule has 0 aromatic rings. The first-order valence-corrected chi connectivity index (χ1v) is 13.6. The SMILES string of the molecule is [B][C@H]1CC(O)[C@@H](COP(=O)(O)OC2C[C@H]([B])O[C@@H]2COP(=O)(O)OC2C[C@H]([B])O[C@@H]2COC)O1. The van der Waals surface area contributed by atoms with Crippen LogP contribution >= 0.6 is 15.6 Å². The van der Waals surface area contributed by atoms with Crippen molar-refractivity contribution < 1.29 is 61.1 Å². The van der Waals surface area contributed by atoms with Crippen LogP contribution in [0.1, 0.15) is 19.3 Å². The molecule has 3 heterocycles. The molecule has 0 aromatic carbocycles. The molecule has 5 unspecified atom stereocenters. The van der Waals surface area contributed by atoms with Crippen molar-refractivity contribution in [1.82, 2.24) is 0 Å². The standard InChI is InChI=1S/C16H27B3O13P2/c1-25-5-12-9(3-15(18)29-12)31-34(23,24)27-7-13-10(4-16(19)30-13)32-33(21,22)26-6-11-8(20)2-14(17)28-11/h8-16,20H,2-7H2,1H3,(H,21,22)(H,23,24)/t8?,9?,10?,11-,12-,13-,14-,15-,16-/m1/s1. The van der Waals surface area contributed by atoms with Crippen molar-refractivity contribution in [1.29, 1.82) is 0 Å². The average molecular weight is 522 g/mol. The number of phosphoric acid groups is 2. The third-order valence-corrected chi connectivity index (χ3v) is 7.41. The largest absolute Gasteiger partial charge is 0.472 e. The van der Waals surface area contributed by atoms with Gasteiger partial charge in [-0.3, -0.25) is 18.1 Å². The number of methoxy groups -OCH3 is 1. The molecule has 0 saturated carbocycles. The summed E-state index contributed by atoms with van der Waals surface area (Å²) in [6.07, 6.45) is -5.27. The Balaban J connectivity index is 1.50. The number of aliphatic hydroxyl groups is 1. The molecule has 3 fully saturated rings. The lowest BCUT2D eigenvalue weighted by Crippen LogP contribution is -2.31. The number of ether oxygens (including phenoxy) is 4. The molecule has 0 amide bonds. The first-order chi connectivity index (χ1) is 15.9. The van der Waals surface area contributed by atoms with E-state index in [4.69, 9.17) is 60.6 Å². The minimum absolute atomic E-state index is 0.0207. The van der Waals surface area contributed by atoms with E-state index >= 15 is 0 Å². The van der Waals surface area contributed by atoms with Gasteiger partial charge in [0.15, 0.2) is 0 Å². The Morgan fingerprint density at radius 1 is 0.765 bits per heavy atom. The molecule has 3 saturated heterocycles. The van der Waals surface area contributed by atoms with E-state index in [1.807, 2.05) is 0 Å². The summed E-state index contributed by atoms with van der Waals surface area (Å²) in [4.78, 5) is 20.2. The van der Waals surface area contributed by atoms with Crippen molar-refractivity contribution >= 4 is 39.2 Å². The topological polar surface area (TPSA) is 169 Å². The first-order valence-electron chi connectivity index (χ1n) is 10.6. The van der Waals surface area contributed by atoms with E-state index in [-0.39, 0.29) is 25.9 Å². The molecule has 0 aromatic heterocycles. The number of rotatable bonds is 12. The summed E-state index contributed by atoms with van der Waals surface area (Å²) in [6, 6.07) is -2.29. The second kappa shape index (κ2) is 12.2. The van der Waals surface area contributed by atoms with Crippen molar-refractivity contribution in [2.24, 2.45) is 0 Å². The van der Waals surface area contributed by atoms with E-state index < -0.39 is 83.5 Å². The van der Waals surface area contributed by atoms with Crippen LogP contribution in [0.4, 0.5) is 0 Å². The van der Waals surface area contributed by atoms with E-state index in [0.29, 0.717) is 0 Å². The molecule has 0 aliphatic carbocycles. The molecule has 34 heavy (non-hydrogen) atoms. The molecule has 6 radical (unpaired) electrons. The lowest BCUT2D eigenvalue weighted by molar-refractivity contribution is -0.0352. The zero-order chi connectivity index (χ0) is 25.1. The van der Waals surface area contributed by atoms with E-state index in [0.717, 1.165) is 0 Å². The molecule has 3 aliphatic heterocycles. The lowest BCUT2D eigenvalue weighted by Gasteiger charge is -2.24. The fraction of sp³-hybridized carbons (Fsp3) is 1.00. The van der Waals surface area contributed by atoms with Crippen molar-refractivity contribution in [2.45, 2.75) is 73.9 Å². The van der Waals surface area contributed by atoms with Crippen LogP contribution in [0.3, 0.4) is 0 Å². The van der Waals surface area contributed by atoms with Crippen LogP contribution in [-0.2, 0) is 46.2 Å². The molecule has 3 N–H and O–H groups in total. The van der Waals surface area contributed by atoms with Gasteiger partial charge >= 0.3 is 15.6 Å². The Morgan fingerprint density at radius 2 is 1.18 bits per heavy atom. The minimum atomic E-state index is -4.65. The van der Waals surface area contributed by atoms with Crippen molar-refractivity contribution in [3.05, 3.63) is 0 Å². The van der Waals surface area contributed by atoms with Gasteiger partial charge in [0, 0.05) is 25.1 Å². The Morgan fingerprint density at radius 3 is 1.62 bits per heavy atom. The molecule has 0 bridgehead atoms. The average Bonchev–Trinajstić information content (AvgIpc) is 3.34. The maximum Gasteiger partial charge on any atom is 0.472 e. The van der Waals surface area contributed by atoms with Crippen LogP contribution in [0.5, 0.6) is 0 Å². The second-order valence-corrected chi connectivity index (χ2v) is 11.0. The normalized spacial score (nSPS) is 41.9. The molecule has 0 spiro atoms. The monoisotopic (exact) mass is 522 g/mol. The number of phosphoric ester groups is 2. The van der Waals surface area contributed by atoms with Crippen LogP contribution in [0.2, 0.25) is 0 Å². The summed E-state index contributed by atoms with van der Waals surface area (Å²) in [5.41, 5.74) is 0. The summed E-state index contributed by atoms with van der Waals surface area (Å²) < 4.78 is 65.9. The fourth-order valence-corrected chi connectivity index (χ4v) is 5.75. The van der Waals surface area contributed by atoms with Gasteiger partial charge in [0.1, 0.15) is 41.9 Å². The molecule has 3 rings (SSSR count). The Hall–Kier alpha value is 0.215. The van der Waals surface area contributed by atoms with Crippen LogP contribution < -0.4 is 0 Å². The van der Waals surface area contributed by atoms with Crippen molar-refractivity contribution in [3.8, 4) is 0 Å². The van der Waals surface area contributed by atoms with E-state index in [1.165, 1.54) is 7.11 Å². The van der Waals surface area contributed by atoms with Crippen molar-refractivity contribution in [3.63, 3.8) is 0 Å². The Kier molecular flexibility index (Phi) is 10.3. The van der Waals surface area contributed by atoms with Gasteiger partial charge in [-0.25, -0.2) is 9.13 Å². The van der Waals surface area contributed by atoms with Gasteiger partial charge in [0.2, 0.25) is 0 Å². The van der Waals surface area contributed by atoms with Crippen LogP contribution in [0.15, 0.2) is 0 Å². The highest BCUT2D eigenvalue weighted by molar-refractivity contribution is 7.47. The Labute approximate surface area is 201 Å². The number of hydrogen-bond acceptors (Lipinski definition) is 11. The van der Waals surface area contributed by atoms with Gasteiger partial charge in [0.25, 0.3) is 0 Å². The third-order valence-electron chi connectivity index (χ3n) is 5.38. The van der Waals surface area contributed by atoms with Gasteiger partial charge in [-0.2, -0.15) is 0 Å². The third kappa shape index (κ3) is 8.38. The smallest absolute Gasteiger partial charge is 0.390 e. The molecule has 18 heteroatoms. The van der Waals surface area contributed by atoms with Crippen LogP contribution in [0, 0.1) is 0 Å². The molecular formula is C16H27B3O13P2. The summed E-state index contributed by atoms with van der Waals surface area (Å²) in [5.74, 6) is 0. The predicted octanol–water partition coefficient (Wildman–Crippen LogP) is -1.15. The van der Waals surface area contributed by atoms with Gasteiger partial charge < -0.3 is 33.8 Å². The van der Waals surface area contributed by atoms with Crippen LogP contribution in [-0.4, -0.2) is 120 Å². The van der Waals surface area contributed by atoms with Gasteiger partial charge in [0.05, 0.1) is 38.1 Å². The summed E-state index contributed by atoms with van der Waals surface area (Å²) >= 11 is 0. The van der Waals surface area contributed by atoms with Gasteiger partial charge in [-0.05, 0) is 19.3 Å².